The van der Waals surface area contributed by atoms with Gasteiger partial charge in [0.1, 0.15) is 0 Å². The standard InChI is InChI=1S/C11H15N3S2/c1-4-8-10(16-6-12-8)9-5-15-11(14-9)13-7(2)3/h5-7H,4H2,1-3H3,(H,13,14). The number of nitrogens with one attached hydrogen (secondary N) is 1. The van der Waals surface area contributed by atoms with Crippen molar-refractivity contribution in [2.75, 3.05) is 5.32 Å². The Hall–Kier alpha value is -0.940. The summed E-state index contributed by atoms with van der Waals surface area (Å²) in [6.45, 7) is 6.36. The van der Waals surface area contributed by atoms with E-state index in [0.717, 1.165) is 22.9 Å². The summed E-state index contributed by atoms with van der Waals surface area (Å²) in [4.78, 5) is 10.1. The van der Waals surface area contributed by atoms with Crippen LogP contribution >= 0.6 is 22.7 Å². The zero-order valence-electron chi connectivity index (χ0n) is 9.65. The van der Waals surface area contributed by atoms with Crippen molar-refractivity contribution in [3.05, 3.63) is 16.6 Å². The Bertz CT molecular complexity index is 459. The molecule has 5 heteroatoms. The molecule has 0 amide bonds. The van der Waals surface area contributed by atoms with Gasteiger partial charge in [0.15, 0.2) is 5.13 Å². The molecule has 16 heavy (non-hydrogen) atoms. The van der Waals surface area contributed by atoms with Gasteiger partial charge in [-0.05, 0) is 20.3 Å². The Balaban J connectivity index is 2.24. The van der Waals surface area contributed by atoms with E-state index in [9.17, 15) is 0 Å². The molecule has 1 N–H and O–H groups in total. The quantitative estimate of drug-likeness (QED) is 0.903. The molecule has 0 aliphatic carbocycles. The molecule has 0 spiro atoms. The minimum atomic E-state index is 0.422. The van der Waals surface area contributed by atoms with Gasteiger partial charge in [0.05, 0.1) is 21.8 Å². The zero-order valence-corrected chi connectivity index (χ0v) is 11.3. The molecule has 0 atom stereocenters. The van der Waals surface area contributed by atoms with Crippen molar-refractivity contribution in [2.45, 2.75) is 33.2 Å². The molecule has 2 aromatic heterocycles. The second-order valence-corrected chi connectivity index (χ2v) is 5.53. The Morgan fingerprint density at radius 2 is 2.19 bits per heavy atom. The highest BCUT2D eigenvalue weighted by atomic mass is 32.1. The summed E-state index contributed by atoms with van der Waals surface area (Å²) in [6, 6.07) is 0.422. The van der Waals surface area contributed by atoms with Gasteiger partial charge >= 0.3 is 0 Å². The second-order valence-electron chi connectivity index (χ2n) is 3.82. The molecule has 3 nitrogen and oxygen atoms in total. The maximum atomic E-state index is 4.58. The van der Waals surface area contributed by atoms with E-state index in [-0.39, 0.29) is 0 Å². The number of thiazole rings is 2. The minimum absolute atomic E-state index is 0.422. The molecule has 2 aromatic rings. The number of nitrogens with zero attached hydrogens (tertiary/aromatic N) is 2. The molecular weight excluding hydrogens is 238 g/mol. The first-order chi connectivity index (χ1) is 7.70. The second kappa shape index (κ2) is 4.93. The number of aromatic nitrogens is 2. The normalized spacial score (nSPS) is 11.0. The van der Waals surface area contributed by atoms with Crippen LogP contribution < -0.4 is 5.32 Å². The van der Waals surface area contributed by atoms with Crippen LogP contribution in [-0.4, -0.2) is 16.0 Å². The number of hydrogen-bond acceptors (Lipinski definition) is 5. The van der Waals surface area contributed by atoms with Crippen LogP contribution in [0.15, 0.2) is 10.9 Å². The fourth-order valence-electron chi connectivity index (χ4n) is 1.42. The number of anilines is 1. The largest absolute Gasteiger partial charge is 0.359 e. The van der Waals surface area contributed by atoms with Crippen LogP contribution in [0.3, 0.4) is 0 Å². The van der Waals surface area contributed by atoms with E-state index in [1.54, 1.807) is 22.7 Å². The molecule has 0 saturated heterocycles. The Morgan fingerprint density at radius 1 is 1.38 bits per heavy atom. The van der Waals surface area contributed by atoms with E-state index >= 15 is 0 Å². The molecule has 86 valence electrons. The van der Waals surface area contributed by atoms with E-state index in [1.807, 2.05) is 5.51 Å². The zero-order chi connectivity index (χ0) is 11.5. The molecule has 0 bridgehead atoms. The maximum absolute atomic E-state index is 4.58. The molecule has 2 heterocycles. The van der Waals surface area contributed by atoms with Crippen LogP contribution in [0.25, 0.3) is 10.6 Å². The Morgan fingerprint density at radius 3 is 2.88 bits per heavy atom. The lowest BCUT2D eigenvalue weighted by atomic mass is 10.2. The molecule has 0 unspecified atom stereocenters. The van der Waals surface area contributed by atoms with Crippen LogP contribution in [0.1, 0.15) is 26.5 Å². The van der Waals surface area contributed by atoms with Crippen molar-refractivity contribution in [1.82, 2.24) is 9.97 Å². The lowest BCUT2D eigenvalue weighted by Crippen LogP contribution is -2.08. The molecule has 2 rings (SSSR count). The lowest BCUT2D eigenvalue weighted by Gasteiger charge is -2.04. The van der Waals surface area contributed by atoms with Crippen LogP contribution in [0.2, 0.25) is 0 Å². The first-order valence-corrected chi connectivity index (χ1v) is 7.11. The van der Waals surface area contributed by atoms with Gasteiger partial charge in [-0.2, -0.15) is 0 Å². The summed E-state index contributed by atoms with van der Waals surface area (Å²) in [5, 5.41) is 6.40. The average molecular weight is 253 g/mol. The third-order valence-electron chi connectivity index (χ3n) is 2.13. The van der Waals surface area contributed by atoms with Crippen LogP contribution in [0.4, 0.5) is 5.13 Å². The van der Waals surface area contributed by atoms with Crippen molar-refractivity contribution in [1.29, 1.82) is 0 Å². The molecule has 0 saturated carbocycles. The van der Waals surface area contributed by atoms with Gasteiger partial charge in [0.2, 0.25) is 0 Å². The summed E-state index contributed by atoms with van der Waals surface area (Å²) in [6.07, 6.45) is 0.962. The van der Waals surface area contributed by atoms with Crippen LogP contribution in [0.5, 0.6) is 0 Å². The highest BCUT2D eigenvalue weighted by molar-refractivity contribution is 7.15. The summed E-state index contributed by atoms with van der Waals surface area (Å²) < 4.78 is 0. The fourth-order valence-corrected chi connectivity index (χ4v) is 3.19. The average Bonchev–Trinajstić information content (AvgIpc) is 2.83. The van der Waals surface area contributed by atoms with Crippen molar-refractivity contribution < 1.29 is 0 Å². The SMILES string of the molecule is CCc1ncsc1-c1csc(NC(C)C)n1. The molecule has 0 aromatic carbocycles. The number of aryl methyl sites for hydroxylation is 1. The highest BCUT2D eigenvalue weighted by Crippen LogP contribution is 2.30. The van der Waals surface area contributed by atoms with Gasteiger partial charge in [-0.1, -0.05) is 6.92 Å². The van der Waals surface area contributed by atoms with Gasteiger partial charge in [-0.25, -0.2) is 9.97 Å². The van der Waals surface area contributed by atoms with Crippen molar-refractivity contribution in [2.24, 2.45) is 0 Å². The van der Waals surface area contributed by atoms with E-state index in [2.05, 4.69) is 41.4 Å². The summed E-state index contributed by atoms with van der Waals surface area (Å²) in [5.41, 5.74) is 4.09. The summed E-state index contributed by atoms with van der Waals surface area (Å²) >= 11 is 3.32. The van der Waals surface area contributed by atoms with Crippen LogP contribution in [0, 0.1) is 0 Å². The van der Waals surface area contributed by atoms with Gasteiger partial charge in [-0.15, -0.1) is 22.7 Å². The third-order valence-corrected chi connectivity index (χ3v) is 3.79. The van der Waals surface area contributed by atoms with E-state index in [0.29, 0.717) is 6.04 Å². The summed E-state index contributed by atoms with van der Waals surface area (Å²) in [5.74, 6) is 0. The van der Waals surface area contributed by atoms with Crippen molar-refractivity contribution in [3.63, 3.8) is 0 Å². The minimum Gasteiger partial charge on any atom is -0.359 e. The van der Waals surface area contributed by atoms with Gasteiger partial charge in [-0.3, -0.25) is 0 Å². The van der Waals surface area contributed by atoms with Gasteiger partial charge < -0.3 is 5.32 Å². The maximum Gasteiger partial charge on any atom is 0.183 e. The van der Waals surface area contributed by atoms with Gasteiger partial charge in [0, 0.05) is 11.4 Å². The highest BCUT2D eigenvalue weighted by Gasteiger charge is 2.11. The topological polar surface area (TPSA) is 37.8 Å². The Labute approximate surface area is 104 Å². The molecule has 0 radical (unpaired) electrons. The third kappa shape index (κ3) is 2.41. The molecule has 0 aliphatic heterocycles. The summed E-state index contributed by atoms with van der Waals surface area (Å²) in [7, 11) is 0. The predicted octanol–water partition coefficient (Wildman–Crippen LogP) is 3.65. The fraction of sp³-hybridized carbons (Fsp3) is 0.455. The first-order valence-electron chi connectivity index (χ1n) is 5.35. The smallest absolute Gasteiger partial charge is 0.183 e. The predicted molar refractivity (Wildman–Crippen MR) is 71.4 cm³/mol. The Kier molecular flexibility index (Phi) is 3.56. The van der Waals surface area contributed by atoms with Crippen molar-refractivity contribution in [3.8, 4) is 10.6 Å². The molecule has 0 fully saturated rings. The van der Waals surface area contributed by atoms with E-state index in [1.165, 1.54) is 4.88 Å². The number of rotatable bonds is 4. The number of hydrogen-bond donors (Lipinski definition) is 1. The van der Waals surface area contributed by atoms with E-state index < -0.39 is 0 Å². The van der Waals surface area contributed by atoms with E-state index in [4.69, 9.17) is 0 Å². The van der Waals surface area contributed by atoms with Crippen molar-refractivity contribution >= 4 is 27.8 Å². The molecular formula is C11H15N3S2. The first kappa shape index (κ1) is 11.5. The lowest BCUT2D eigenvalue weighted by molar-refractivity contribution is 0.897. The molecule has 0 aliphatic rings. The van der Waals surface area contributed by atoms with Crippen LogP contribution in [-0.2, 0) is 6.42 Å². The van der Waals surface area contributed by atoms with Gasteiger partial charge in [0.25, 0.3) is 0 Å². The monoisotopic (exact) mass is 253 g/mol.